The number of sulfonamides is 1. The molecule has 0 atom stereocenters. The van der Waals surface area contributed by atoms with Gasteiger partial charge in [0, 0.05) is 49.3 Å². The zero-order chi connectivity index (χ0) is 20.6. The normalized spacial score (nSPS) is 22.6. The molecular formula is C21H29ClN2O4S. The third kappa shape index (κ3) is 4.48. The van der Waals surface area contributed by atoms with Gasteiger partial charge in [0.15, 0.2) is 0 Å². The summed E-state index contributed by atoms with van der Waals surface area (Å²) in [5, 5.41) is 0.460. The lowest BCUT2D eigenvalue weighted by atomic mass is 9.98. The Labute approximate surface area is 178 Å². The van der Waals surface area contributed by atoms with Crippen molar-refractivity contribution in [2.45, 2.75) is 62.4 Å². The van der Waals surface area contributed by atoms with Gasteiger partial charge in [0.25, 0.3) is 0 Å². The maximum Gasteiger partial charge on any atom is 0.243 e. The molecule has 2 saturated heterocycles. The van der Waals surface area contributed by atoms with Crippen molar-refractivity contribution in [3.8, 4) is 0 Å². The molecule has 1 amide bonds. The summed E-state index contributed by atoms with van der Waals surface area (Å²) in [7, 11) is -3.57. The first-order valence-electron chi connectivity index (χ1n) is 10.5. The number of carbonyl (C=O) groups is 1. The molecule has 1 aliphatic carbocycles. The summed E-state index contributed by atoms with van der Waals surface area (Å²) < 4.78 is 33.1. The van der Waals surface area contributed by atoms with Crippen LogP contribution in [0.2, 0.25) is 5.02 Å². The van der Waals surface area contributed by atoms with Crippen LogP contribution in [0, 0.1) is 12.8 Å². The van der Waals surface area contributed by atoms with E-state index in [9.17, 15) is 13.2 Å². The molecule has 8 heteroatoms. The predicted octanol–water partition coefficient (Wildman–Crippen LogP) is 3.22. The average molecular weight is 441 g/mol. The summed E-state index contributed by atoms with van der Waals surface area (Å²) in [5.41, 5.74) is 0.856. The molecule has 1 aromatic rings. The Morgan fingerprint density at radius 3 is 2.28 bits per heavy atom. The highest BCUT2D eigenvalue weighted by atomic mass is 35.5. The van der Waals surface area contributed by atoms with Crippen LogP contribution in [0.15, 0.2) is 23.1 Å². The van der Waals surface area contributed by atoms with Crippen molar-refractivity contribution in [1.82, 2.24) is 9.21 Å². The lowest BCUT2D eigenvalue weighted by Gasteiger charge is -2.43. The zero-order valence-corrected chi connectivity index (χ0v) is 18.4. The molecule has 3 fully saturated rings. The summed E-state index contributed by atoms with van der Waals surface area (Å²) in [5.74, 6) is 0.442. The van der Waals surface area contributed by atoms with Gasteiger partial charge in [-0.2, -0.15) is 4.31 Å². The fraction of sp³-hybridized carbons (Fsp3) is 0.667. The van der Waals surface area contributed by atoms with Gasteiger partial charge in [-0.3, -0.25) is 4.79 Å². The predicted molar refractivity (Wildman–Crippen MR) is 111 cm³/mol. The number of hydrogen-bond acceptors (Lipinski definition) is 4. The van der Waals surface area contributed by atoms with Gasteiger partial charge in [-0.1, -0.05) is 17.7 Å². The first-order chi connectivity index (χ1) is 13.9. The second kappa shape index (κ2) is 8.53. The van der Waals surface area contributed by atoms with Crippen molar-refractivity contribution in [2.24, 2.45) is 5.92 Å². The van der Waals surface area contributed by atoms with E-state index in [-0.39, 0.29) is 28.8 Å². The minimum absolute atomic E-state index is 0.110. The Morgan fingerprint density at radius 1 is 1.07 bits per heavy atom. The van der Waals surface area contributed by atoms with Crippen molar-refractivity contribution < 1.29 is 17.9 Å². The summed E-state index contributed by atoms with van der Waals surface area (Å²) >= 11 is 6.14. The van der Waals surface area contributed by atoms with E-state index in [1.807, 2.05) is 6.92 Å². The molecule has 3 aliphatic rings. The van der Waals surface area contributed by atoms with Gasteiger partial charge in [-0.05, 0) is 63.1 Å². The van der Waals surface area contributed by atoms with E-state index in [4.69, 9.17) is 16.3 Å². The highest BCUT2D eigenvalue weighted by Crippen LogP contribution is 2.36. The molecule has 0 aromatic heterocycles. The molecule has 0 unspecified atom stereocenters. The summed E-state index contributed by atoms with van der Waals surface area (Å²) in [6.07, 6.45) is 5.07. The molecule has 1 saturated carbocycles. The molecule has 0 radical (unpaired) electrons. The summed E-state index contributed by atoms with van der Waals surface area (Å²) in [6, 6.07) is 5.22. The van der Waals surface area contributed by atoms with Crippen molar-refractivity contribution in [3.05, 3.63) is 28.8 Å². The highest BCUT2D eigenvalue weighted by Gasteiger charge is 2.41. The highest BCUT2D eigenvalue weighted by molar-refractivity contribution is 7.89. The molecule has 2 aliphatic heterocycles. The van der Waals surface area contributed by atoms with Crippen LogP contribution >= 0.6 is 11.6 Å². The number of benzene rings is 1. The second-order valence-electron chi connectivity index (χ2n) is 8.41. The first-order valence-corrected chi connectivity index (χ1v) is 12.4. The molecular weight excluding hydrogens is 412 g/mol. The van der Waals surface area contributed by atoms with Gasteiger partial charge in [0.1, 0.15) is 0 Å². The van der Waals surface area contributed by atoms with Crippen LogP contribution in [0.5, 0.6) is 0 Å². The quantitative estimate of drug-likeness (QED) is 0.705. The Kier molecular flexibility index (Phi) is 6.21. The summed E-state index contributed by atoms with van der Waals surface area (Å²) in [6.45, 7) is 4.10. The zero-order valence-electron chi connectivity index (χ0n) is 16.8. The van der Waals surface area contributed by atoms with Crippen LogP contribution in [-0.2, 0) is 19.6 Å². The van der Waals surface area contributed by atoms with E-state index in [0.29, 0.717) is 44.2 Å². The van der Waals surface area contributed by atoms with Crippen LogP contribution in [0.4, 0.5) is 0 Å². The van der Waals surface area contributed by atoms with Crippen LogP contribution in [0.3, 0.4) is 0 Å². The monoisotopic (exact) mass is 440 g/mol. The number of ether oxygens (including phenoxy) is 1. The lowest BCUT2D eigenvalue weighted by molar-refractivity contribution is -0.141. The van der Waals surface area contributed by atoms with Gasteiger partial charge in [-0.15, -0.1) is 0 Å². The van der Waals surface area contributed by atoms with E-state index < -0.39 is 10.0 Å². The number of carbonyl (C=O) groups excluding carboxylic acids is 1. The van der Waals surface area contributed by atoms with Crippen molar-refractivity contribution >= 4 is 27.5 Å². The van der Waals surface area contributed by atoms with Crippen LogP contribution in [0.25, 0.3) is 0 Å². The number of nitrogens with zero attached hydrogens (tertiary/aromatic N) is 2. The van der Waals surface area contributed by atoms with E-state index in [1.165, 1.54) is 10.4 Å². The van der Waals surface area contributed by atoms with Gasteiger partial charge in [-0.25, -0.2) is 8.42 Å². The number of aryl methyl sites for hydroxylation is 1. The number of piperidine rings is 1. The molecule has 29 heavy (non-hydrogen) atoms. The van der Waals surface area contributed by atoms with Crippen molar-refractivity contribution in [2.75, 3.05) is 26.3 Å². The lowest BCUT2D eigenvalue weighted by Crippen LogP contribution is -2.54. The van der Waals surface area contributed by atoms with E-state index in [1.54, 1.807) is 12.1 Å². The average Bonchev–Trinajstić information content (AvgIpc) is 3.57. The fourth-order valence-electron chi connectivity index (χ4n) is 4.41. The van der Waals surface area contributed by atoms with E-state index >= 15 is 0 Å². The number of rotatable bonds is 5. The SMILES string of the molecule is Cc1ccc(S(=O)(=O)N2CCC(N(C(=O)C3CC3)C3CCOCC3)CC2)cc1Cl. The number of amides is 1. The first kappa shape index (κ1) is 21.1. The smallest absolute Gasteiger partial charge is 0.243 e. The molecule has 6 nitrogen and oxygen atoms in total. The van der Waals surface area contributed by atoms with Gasteiger partial charge >= 0.3 is 0 Å². The molecule has 2 heterocycles. The van der Waals surface area contributed by atoms with Gasteiger partial charge in [0.05, 0.1) is 4.90 Å². The molecule has 0 spiro atoms. The summed E-state index contributed by atoms with van der Waals surface area (Å²) in [4.78, 5) is 15.4. The van der Waals surface area contributed by atoms with Crippen LogP contribution in [0.1, 0.15) is 44.1 Å². The van der Waals surface area contributed by atoms with Gasteiger partial charge < -0.3 is 9.64 Å². The second-order valence-corrected chi connectivity index (χ2v) is 10.8. The minimum atomic E-state index is -3.57. The van der Waals surface area contributed by atoms with Crippen molar-refractivity contribution in [3.63, 3.8) is 0 Å². The number of halogens is 1. The fourth-order valence-corrected chi connectivity index (χ4v) is 6.15. The Balaban J connectivity index is 1.46. The maximum absolute atomic E-state index is 13.1. The topological polar surface area (TPSA) is 66.9 Å². The van der Waals surface area contributed by atoms with Crippen LogP contribution < -0.4 is 0 Å². The Morgan fingerprint density at radius 2 is 1.69 bits per heavy atom. The van der Waals surface area contributed by atoms with Crippen molar-refractivity contribution in [1.29, 1.82) is 0 Å². The standard InChI is InChI=1S/C21H29ClN2O4S/c1-15-2-5-19(14-20(15)22)29(26,27)23-10-6-17(7-11-23)24(21(25)16-3-4-16)18-8-12-28-13-9-18/h2,5,14,16-18H,3-4,6-13H2,1H3. The molecule has 4 rings (SSSR count). The van der Waals surface area contributed by atoms with E-state index in [0.717, 1.165) is 31.2 Å². The third-order valence-corrected chi connectivity index (χ3v) is 8.67. The molecule has 160 valence electrons. The van der Waals surface area contributed by atoms with Crippen LogP contribution in [-0.4, -0.2) is 61.9 Å². The van der Waals surface area contributed by atoms with Gasteiger partial charge in [0.2, 0.25) is 15.9 Å². The third-order valence-electron chi connectivity index (χ3n) is 6.36. The Bertz CT molecular complexity index is 857. The number of hydrogen-bond donors (Lipinski definition) is 0. The largest absolute Gasteiger partial charge is 0.381 e. The molecule has 0 N–H and O–H groups in total. The maximum atomic E-state index is 13.1. The Hall–Kier alpha value is -1.15. The molecule has 0 bridgehead atoms. The molecule has 1 aromatic carbocycles. The minimum Gasteiger partial charge on any atom is -0.381 e. The van der Waals surface area contributed by atoms with E-state index in [2.05, 4.69) is 4.90 Å².